The maximum absolute atomic E-state index is 12.1. The molecule has 7 N–H and O–H groups in total. The van der Waals surface area contributed by atoms with Gasteiger partial charge in [0, 0.05) is 140 Å². The van der Waals surface area contributed by atoms with Gasteiger partial charge in [-0.3, -0.25) is 4.79 Å². The highest BCUT2D eigenvalue weighted by Gasteiger charge is 2.18. The minimum absolute atomic E-state index is 0. The molecule has 12 aromatic rings. The van der Waals surface area contributed by atoms with Gasteiger partial charge in [0.25, 0.3) is 5.91 Å². The maximum atomic E-state index is 12.1. The molecule has 4 atom stereocenters. The van der Waals surface area contributed by atoms with E-state index in [9.17, 15) is 39.6 Å². The standard InChI is InChI=1S/C20H24N4O2S2.C19H21N3O3S2.C18H19N3O3S2.C9H6ClNO2S.C9H15N3OS.C3H8.4CH4/c1-24(2)20(26)13-4-7-16-17(10-13)28-19(23-16)9-6-14(25)5-8-18-21-11-15(27-3)12-22-18;1-25-19(24)12-3-6-15-16(9-12)27-18(22-15)8-5-13(23)4-7-17-20-10-14(26-2)11-21-17;1-25-13-9-19-16(20-10-13)6-3-12(22)4-7-17-21-14-5-2-11(18(23)24)8-15(14)26-17;1-13-8(12)5-2-3-6-7(4-5)14-9(10)11-6;1-14-8-5-11-9(12-6-8)3-2-7(13)4-10;1-3-2;;;;/h4,7,10-12,14,25H,5-6,8-9H2,1-3H3;3,6,9-11,13,23H,4-5,7-8H2,1-2H3;2,5,8-10,12,22H,3-4,6-7H2,1H3,(H,23,24);2-4H,1H3;5-7,13H,2-4,10H2,1H3;3H2,1-2H3;4*1H4/t14-;13-;12-;;7-;;;;;/m111.1...../s1. The number of methoxy groups -OCH3 is 2. The Balaban J connectivity index is 0.000000378. The molecule has 116 heavy (non-hydrogen) atoms. The average molecular weight is 1760 g/mol. The third-order valence-corrected chi connectivity index (χ3v) is 23.3. The van der Waals surface area contributed by atoms with E-state index in [4.69, 9.17) is 27.2 Å². The molecule has 0 saturated heterocycles. The van der Waals surface area contributed by atoms with Crippen LogP contribution >= 0.6 is 104 Å². The van der Waals surface area contributed by atoms with E-state index in [1.807, 2.05) is 74.1 Å². The SMILES string of the molecule is C.C.C.C.CCC.COC(=O)c1ccc2nc(CC[C@H](O)CCc3ncc(SC)cn3)sc2c1.COC(=O)c1ccc2nc(Cl)sc2c1.CSc1cnc(CC[C@@H](O)CCc2nc3ccc(C(=O)N(C)C)cc3s2)nc1.CSc1cnc(CC[C@@H](O)CCc2nc3ccc(C(=O)O)cc3s2)nc1.CSc1cnc(CC[C@@H](O)CN)nc1. The first kappa shape index (κ1) is 102. The number of aromatic nitrogens is 12. The third kappa shape index (κ3) is 34.2. The summed E-state index contributed by atoms with van der Waals surface area (Å²) in [6.45, 7) is 4.54. The van der Waals surface area contributed by atoms with Crippen molar-refractivity contribution in [1.82, 2.24) is 64.7 Å². The van der Waals surface area contributed by atoms with E-state index in [0.717, 1.165) is 98.8 Å². The Labute approximate surface area is 718 Å². The summed E-state index contributed by atoms with van der Waals surface area (Å²) in [5.74, 6) is 1.35. The fourth-order valence-corrected chi connectivity index (χ4v) is 15.5. The van der Waals surface area contributed by atoms with Gasteiger partial charge >= 0.3 is 17.9 Å². The van der Waals surface area contributed by atoms with Crippen molar-refractivity contribution in [2.45, 2.75) is 184 Å². The summed E-state index contributed by atoms with van der Waals surface area (Å²) in [7, 11) is 6.21. The van der Waals surface area contributed by atoms with Crippen LogP contribution in [0.25, 0.3) is 40.9 Å². The molecular formula is C82H109ClN14O11S8. The second kappa shape index (κ2) is 54.3. The van der Waals surface area contributed by atoms with Gasteiger partial charge in [0.1, 0.15) is 23.3 Å². The van der Waals surface area contributed by atoms with E-state index in [1.165, 1.54) is 43.3 Å². The highest BCUT2D eigenvalue weighted by atomic mass is 35.5. The number of hydrogen-bond donors (Lipinski definition) is 6. The Morgan fingerprint density at radius 3 is 0.966 bits per heavy atom. The molecule has 4 aromatic carbocycles. The number of carboxylic acids is 1. The largest absolute Gasteiger partial charge is 0.478 e. The third-order valence-electron chi connectivity index (χ3n) is 16.2. The van der Waals surface area contributed by atoms with Crippen molar-refractivity contribution in [1.29, 1.82) is 0 Å². The first-order valence-electron chi connectivity index (χ1n) is 35.7. The van der Waals surface area contributed by atoms with Crippen LogP contribution in [0.5, 0.6) is 0 Å². The second-order valence-electron chi connectivity index (χ2n) is 25.0. The fraction of sp³-hybridized carbons (Fsp3) is 0.415. The zero-order valence-electron chi connectivity index (χ0n) is 63.9. The number of nitrogens with two attached hydrogens (primary N) is 1. The molecule has 12 rings (SSSR count). The summed E-state index contributed by atoms with van der Waals surface area (Å²) in [6, 6.07) is 21.0. The van der Waals surface area contributed by atoms with Gasteiger partial charge in [-0.1, -0.05) is 61.6 Å². The molecule has 8 heterocycles. The molecule has 0 bridgehead atoms. The van der Waals surface area contributed by atoms with Gasteiger partial charge in [0.2, 0.25) is 0 Å². The Hall–Kier alpha value is -7.87. The quantitative estimate of drug-likeness (QED) is 0.0180. The summed E-state index contributed by atoms with van der Waals surface area (Å²) in [5.41, 5.74) is 10.6. The van der Waals surface area contributed by atoms with Crippen molar-refractivity contribution < 1.29 is 54.2 Å². The van der Waals surface area contributed by atoms with Gasteiger partial charge in [-0.05, 0) is 143 Å². The number of rotatable bonds is 30. The first-order valence-corrected chi connectivity index (χ1v) is 44.2. The summed E-state index contributed by atoms with van der Waals surface area (Å²) in [6.07, 6.45) is 30.9. The molecule has 0 fully saturated rings. The van der Waals surface area contributed by atoms with Crippen LogP contribution in [0.2, 0.25) is 4.47 Å². The van der Waals surface area contributed by atoms with Crippen molar-refractivity contribution in [3.63, 3.8) is 0 Å². The lowest BCUT2D eigenvalue weighted by Crippen LogP contribution is -2.21. The van der Waals surface area contributed by atoms with E-state index in [2.05, 4.69) is 78.4 Å². The van der Waals surface area contributed by atoms with Crippen LogP contribution in [0.15, 0.2) is 142 Å². The minimum Gasteiger partial charge on any atom is -0.478 e. The smallest absolute Gasteiger partial charge is 0.337 e. The molecule has 25 nitrogen and oxygen atoms in total. The number of carboxylic acid groups (broad SMARTS) is 1. The maximum Gasteiger partial charge on any atom is 0.337 e. The minimum atomic E-state index is -0.940. The highest BCUT2D eigenvalue weighted by Crippen LogP contribution is 2.30. The van der Waals surface area contributed by atoms with Gasteiger partial charge in [-0.25, -0.2) is 74.2 Å². The first-order chi connectivity index (χ1) is 54.0. The predicted octanol–water partition coefficient (Wildman–Crippen LogP) is 17.5. The number of esters is 2. The number of halogens is 1. The van der Waals surface area contributed by atoms with Crippen LogP contribution in [0.1, 0.15) is 175 Å². The van der Waals surface area contributed by atoms with Crippen LogP contribution in [0, 0.1) is 0 Å². The Morgan fingerprint density at radius 1 is 0.422 bits per heavy atom. The molecule has 0 spiro atoms. The van der Waals surface area contributed by atoms with Gasteiger partial charge in [-0.2, -0.15) is 0 Å². The molecule has 0 aliphatic rings. The zero-order chi connectivity index (χ0) is 81.1. The van der Waals surface area contributed by atoms with E-state index in [0.29, 0.717) is 118 Å². The number of amides is 1. The van der Waals surface area contributed by atoms with Crippen molar-refractivity contribution in [3.05, 3.63) is 187 Å². The van der Waals surface area contributed by atoms with Gasteiger partial charge in [-0.15, -0.1) is 92.4 Å². The van der Waals surface area contributed by atoms with Crippen molar-refractivity contribution in [2.24, 2.45) is 5.73 Å². The summed E-state index contributed by atoms with van der Waals surface area (Å²) >= 11 is 18.1. The van der Waals surface area contributed by atoms with Crippen LogP contribution in [-0.2, 0) is 54.4 Å². The number of carbonyl (C=O) groups excluding carboxylic acids is 3. The number of fused-ring (bicyclic) bond motifs is 4. The van der Waals surface area contributed by atoms with Crippen molar-refractivity contribution in [3.8, 4) is 0 Å². The number of hydrogen-bond acceptors (Lipinski definition) is 31. The Bertz CT molecular complexity index is 4890. The van der Waals surface area contributed by atoms with Gasteiger partial charge < -0.3 is 45.6 Å². The fourth-order valence-electron chi connectivity index (χ4n) is 10.1. The number of ether oxygens (including phenoxy) is 2. The number of thioether (sulfide) groups is 4. The Morgan fingerprint density at radius 2 is 0.681 bits per heavy atom. The topological polar surface area (TPSA) is 372 Å². The number of nitrogens with zero attached hydrogens (tertiary/aromatic N) is 13. The number of carbonyl (C=O) groups is 4. The number of thiazole rings is 4. The van der Waals surface area contributed by atoms with E-state index in [1.54, 1.807) is 162 Å². The van der Waals surface area contributed by atoms with Gasteiger partial charge in [0.15, 0.2) is 4.47 Å². The molecule has 34 heteroatoms. The van der Waals surface area contributed by atoms with Crippen LogP contribution < -0.4 is 5.73 Å². The summed E-state index contributed by atoms with van der Waals surface area (Å²) < 4.78 is 13.5. The number of benzene rings is 4. The lowest BCUT2D eigenvalue weighted by Gasteiger charge is -2.09. The Kier molecular flexibility index (Phi) is 47.9. The van der Waals surface area contributed by atoms with Crippen molar-refractivity contribution in [2.75, 3.05) is 59.9 Å². The molecule has 1 amide bonds. The number of aryl methyl sites for hydroxylation is 7. The van der Waals surface area contributed by atoms with Crippen LogP contribution in [-0.4, -0.2) is 198 Å². The summed E-state index contributed by atoms with van der Waals surface area (Å²) in [5, 5.41) is 51.9. The van der Waals surface area contributed by atoms with Crippen LogP contribution in [0.4, 0.5) is 0 Å². The predicted molar refractivity (Wildman–Crippen MR) is 481 cm³/mol. The summed E-state index contributed by atoms with van der Waals surface area (Å²) in [4.78, 5) is 104. The van der Waals surface area contributed by atoms with E-state index >= 15 is 0 Å². The molecule has 0 aliphatic carbocycles. The molecule has 8 aromatic heterocycles. The van der Waals surface area contributed by atoms with Crippen LogP contribution in [0.3, 0.4) is 0 Å². The van der Waals surface area contributed by atoms with Gasteiger partial charge in [0.05, 0.1) is 111 Å². The molecule has 0 unspecified atom stereocenters. The lowest BCUT2D eigenvalue weighted by molar-refractivity contribution is 0.0592. The molecule has 0 saturated carbocycles. The average Bonchev–Trinajstić information content (AvgIpc) is 1.69. The lowest BCUT2D eigenvalue weighted by atomic mass is 10.1. The number of aromatic carboxylic acids is 1. The van der Waals surface area contributed by atoms with E-state index < -0.39 is 30.4 Å². The molecule has 0 aliphatic heterocycles. The molecule has 0 radical (unpaired) electrons. The molecular weight excluding hydrogens is 1650 g/mol. The monoisotopic (exact) mass is 1760 g/mol. The second-order valence-corrected chi connectivity index (χ2v) is 33.5. The normalized spacial score (nSPS) is 11.6. The molecule has 628 valence electrons. The number of aliphatic hydroxyl groups excluding tert-OH is 4. The zero-order valence-corrected chi connectivity index (χ0v) is 71.2. The highest BCUT2D eigenvalue weighted by molar-refractivity contribution is 7.99. The van der Waals surface area contributed by atoms with E-state index in [-0.39, 0.29) is 53.1 Å². The van der Waals surface area contributed by atoms with Crippen molar-refractivity contribution >= 4 is 169 Å². The number of aliphatic hydroxyl groups is 4.